The Morgan fingerprint density at radius 3 is 2.48 bits per heavy atom. The first kappa shape index (κ1) is 16.6. The highest BCUT2D eigenvalue weighted by Crippen LogP contribution is 2.45. The van der Waals surface area contributed by atoms with Gasteiger partial charge in [-0.15, -0.1) is 11.6 Å². The lowest BCUT2D eigenvalue weighted by Crippen LogP contribution is -2.26. The number of carbonyl (C=O) groups is 1. The minimum absolute atomic E-state index is 0.0420. The Kier molecular flexibility index (Phi) is 5.19. The fourth-order valence-corrected chi connectivity index (χ4v) is 4.30. The molecule has 2 rings (SSSR count). The highest BCUT2D eigenvalue weighted by molar-refractivity contribution is 6.30. The molecule has 0 saturated heterocycles. The lowest BCUT2D eigenvalue weighted by molar-refractivity contribution is 0.102. The molecule has 0 unspecified atom stereocenters. The molecule has 3 heteroatoms. The highest BCUT2D eigenvalue weighted by atomic mass is 35.5. The van der Waals surface area contributed by atoms with Crippen molar-refractivity contribution in [3.05, 3.63) is 23.0 Å². The number of hydrogen-bond donors (Lipinski definition) is 0. The SMILES string of the molecule is Cc1cc(C(=O)CCl)c(C)n1CC1(CC(C)C)CCCC1. The van der Waals surface area contributed by atoms with Crippen LogP contribution in [0.3, 0.4) is 0 Å². The molecule has 0 amide bonds. The molecule has 0 aliphatic heterocycles. The molecule has 1 fully saturated rings. The molecule has 1 saturated carbocycles. The second-order valence-corrected chi connectivity index (χ2v) is 7.50. The van der Waals surface area contributed by atoms with Crippen molar-refractivity contribution < 1.29 is 4.79 Å². The number of hydrogen-bond acceptors (Lipinski definition) is 1. The fourth-order valence-electron chi connectivity index (χ4n) is 4.15. The van der Waals surface area contributed by atoms with E-state index < -0.39 is 0 Å². The molecule has 1 heterocycles. The van der Waals surface area contributed by atoms with Crippen LogP contribution in [0.4, 0.5) is 0 Å². The van der Waals surface area contributed by atoms with Crippen molar-refractivity contribution in [1.29, 1.82) is 0 Å². The van der Waals surface area contributed by atoms with Gasteiger partial charge in [-0.05, 0) is 50.5 Å². The molecule has 1 aliphatic carbocycles. The van der Waals surface area contributed by atoms with E-state index in [1.54, 1.807) is 0 Å². The highest BCUT2D eigenvalue weighted by Gasteiger charge is 2.35. The van der Waals surface area contributed by atoms with Crippen LogP contribution in [0.5, 0.6) is 0 Å². The van der Waals surface area contributed by atoms with Gasteiger partial charge < -0.3 is 4.57 Å². The Balaban J connectivity index is 2.29. The summed E-state index contributed by atoms with van der Waals surface area (Å²) in [5, 5.41) is 0. The van der Waals surface area contributed by atoms with Gasteiger partial charge in [-0.25, -0.2) is 0 Å². The summed E-state index contributed by atoms with van der Waals surface area (Å²) >= 11 is 5.73. The molecule has 0 aromatic carbocycles. The lowest BCUT2D eigenvalue weighted by atomic mass is 9.78. The monoisotopic (exact) mass is 309 g/mol. The number of Topliss-reactive ketones (excluding diaryl/α,β-unsaturated/α-hetero) is 1. The topological polar surface area (TPSA) is 22.0 Å². The van der Waals surface area contributed by atoms with Gasteiger partial charge in [0, 0.05) is 23.5 Å². The van der Waals surface area contributed by atoms with Crippen molar-refractivity contribution in [1.82, 2.24) is 4.57 Å². The third-order valence-corrected chi connectivity index (χ3v) is 5.24. The summed E-state index contributed by atoms with van der Waals surface area (Å²) in [7, 11) is 0. The summed E-state index contributed by atoms with van der Waals surface area (Å²) < 4.78 is 2.35. The van der Waals surface area contributed by atoms with Gasteiger partial charge in [0.15, 0.2) is 5.78 Å². The summed E-state index contributed by atoms with van der Waals surface area (Å²) in [4.78, 5) is 11.9. The van der Waals surface area contributed by atoms with Crippen LogP contribution in [-0.2, 0) is 6.54 Å². The number of aromatic nitrogens is 1. The summed E-state index contributed by atoms with van der Waals surface area (Å²) in [6.45, 7) is 9.86. The van der Waals surface area contributed by atoms with Gasteiger partial charge >= 0.3 is 0 Å². The van der Waals surface area contributed by atoms with Crippen LogP contribution in [0, 0.1) is 25.2 Å². The van der Waals surface area contributed by atoms with E-state index in [0.717, 1.165) is 23.7 Å². The van der Waals surface area contributed by atoms with Crippen molar-refractivity contribution in [3.63, 3.8) is 0 Å². The minimum atomic E-state index is 0.0420. The molecular weight excluding hydrogens is 282 g/mol. The van der Waals surface area contributed by atoms with Crippen molar-refractivity contribution in [2.24, 2.45) is 11.3 Å². The first-order valence-corrected chi connectivity index (χ1v) is 8.68. The quantitative estimate of drug-likeness (QED) is 0.527. The van der Waals surface area contributed by atoms with Crippen LogP contribution < -0.4 is 0 Å². The zero-order valence-electron chi connectivity index (χ0n) is 13.8. The van der Waals surface area contributed by atoms with E-state index in [2.05, 4.69) is 32.3 Å². The van der Waals surface area contributed by atoms with E-state index in [-0.39, 0.29) is 11.7 Å². The van der Waals surface area contributed by atoms with E-state index in [1.807, 2.05) is 6.07 Å². The van der Waals surface area contributed by atoms with Gasteiger partial charge in [-0.1, -0.05) is 26.7 Å². The van der Waals surface area contributed by atoms with Crippen LogP contribution in [0.2, 0.25) is 0 Å². The van der Waals surface area contributed by atoms with E-state index in [1.165, 1.54) is 37.8 Å². The van der Waals surface area contributed by atoms with Crippen LogP contribution in [0.15, 0.2) is 6.07 Å². The second-order valence-electron chi connectivity index (χ2n) is 7.23. The summed E-state index contributed by atoms with van der Waals surface area (Å²) in [5.74, 6) is 0.838. The third-order valence-electron chi connectivity index (χ3n) is 4.99. The number of nitrogens with zero attached hydrogens (tertiary/aromatic N) is 1. The van der Waals surface area contributed by atoms with Crippen LogP contribution in [0.1, 0.15) is 67.7 Å². The number of aryl methyl sites for hydroxylation is 1. The van der Waals surface area contributed by atoms with Crippen LogP contribution in [0.25, 0.3) is 0 Å². The molecule has 1 aromatic rings. The fraction of sp³-hybridized carbons (Fsp3) is 0.722. The van der Waals surface area contributed by atoms with E-state index in [9.17, 15) is 4.79 Å². The van der Waals surface area contributed by atoms with Gasteiger partial charge in [-0.2, -0.15) is 0 Å². The predicted octanol–water partition coefficient (Wildman–Crippen LogP) is 5.13. The Morgan fingerprint density at radius 1 is 1.33 bits per heavy atom. The van der Waals surface area contributed by atoms with Gasteiger partial charge in [0.2, 0.25) is 0 Å². The zero-order valence-corrected chi connectivity index (χ0v) is 14.6. The molecule has 1 aromatic heterocycles. The zero-order chi connectivity index (χ0) is 15.6. The van der Waals surface area contributed by atoms with Gasteiger partial charge in [0.1, 0.15) is 0 Å². The normalized spacial score (nSPS) is 17.6. The van der Waals surface area contributed by atoms with Gasteiger partial charge in [0.25, 0.3) is 0 Å². The standard InChI is InChI=1S/C18H28ClNO/c1-13(2)10-18(7-5-6-8-18)12-20-14(3)9-16(15(20)4)17(21)11-19/h9,13H,5-8,10-12H2,1-4H3. The Hall–Kier alpha value is -0.760. The first-order valence-electron chi connectivity index (χ1n) is 8.14. The maximum atomic E-state index is 11.9. The molecule has 0 radical (unpaired) electrons. The van der Waals surface area contributed by atoms with E-state index in [0.29, 0.717) is 5.41 Å². The first-order chi connectivity index (χ1) is 9.88. The van der Waals surface area contributed by atoms with Crippen molar-refractivity contribution in [2.45, 2.75) is 66.3 Å². The Morgan fingerprint density at radius 2 is 1.95 bits per heavy atom. The summed E-state index contributed by atoms with van der Waals surface area (Å²) in [5.41, 5.74) is 3.51. The summed E-state index contributed by atoms with van der Waals surface area (Å²) in [6.07, 6.45) is 6.62. The van der Waals surface area contributed by atoms with E-state index in [4.69, 9.17) is 11.6 Å². The molecule has 0 N–H and O–H groups in total. The number of alkyl halides is 1. The number of ketones is 1. The molecule has 118 valence electrons. The predicted molar refractivity (Wildman–Crippen MR) is 89.3 cm³/mol. The third kappa shape index (κ3) is 3.53. The van der Waals surface area contributed by atoms with Crippen molar-refractivity contribution in [3.8, 4) is 0 Å². The largest absolute Gasteiger partial charge is 0.348 e. The van der Waals surface area contributed by atoms with E-state index >= 15 is 0 Å². The van der Waals surface area contributed by atoms with Crippen molar-refractivity contribution in [2.75, 3.05) is 5.88 Å². The lowest BCUT2D eigenvalue weighted by Gasteiger charge is -2.32. The van der Waals surface area contributed by atoms with Crippen LogP contribution in [-0.4, -0.2) is 16.2 Å². The minimum Gasteiger partial charge on any atom is -0.348 e. The maximum absolute atomic E-state index is 11.9. The number of halogens is 1. The average Bonchev–Trinajstić information content (AvgIpc) is 2.97. The molecule has 0 spiro atoms. The molecule has 1 aliphatic rings. The smallest absolute Gasteiger partial charge is 0.179 e. The molecular formula is C18H28ClNO. The Labute approximate surface area is 133 Å². The second kappa shape index (κ2) is 6.56. The molecule has 2 nitrogen and oxygen atoms in total. The van der Waals surface area contributed by atoms with Gasteiger partial charge in [0.05, 0.1) is 5.88 Å². The molecule has 21 heavy (non-hydrogen) atoms. The number of carbonyl (C=O) groups excluding carboxylic acids is 1. The average molecular weight is 310 g/mol. The maximum Gasteiger partial charge on any atom is 0.179 e. The van der Waals surface area contributed by atoms with Crippen molar-refractivity contribution >= 4 is 17.4 Å². The number of rotatable bonds is 6. The van der Waals surface area contributed by atoms with Gasteiger partial charge in [-0.3, -0.25) is 4.79 Å². The summed E-state index contributed by atoms with van der Waals surface area (Å²) in [6, 6.07) is 2.01. The molecule has 0 atom stereocenters. The Bertz CT molecular complexity index is 510. The molecule has 0 bridgehead atoms. The van der Waals surface area contributed by atoms with Crippen LogP contribution >= 0.6 is 11.6 Å².